The summed E-state index contributed by atoms with van der Waals surface area (Å²) in [7, 11) is 1.60. The molecule has 2 saturated heterocycles. The highest BCUT2D eigenvalue weighted by atomic mass is 16.6. The molecule has 4 rings (SSSR count). The highest BCUT2D eigenvalue weighted by Crippen LogP contribution is 2.39. The summed E-state index contributed by atoms with van der Waals surface area (Å²) < 4.78 is 12.6. The van der Waals surface area contributed by atoms with Gasteiger partial charge in [-0.3, -0.25) is 9.78 Å². The second-order valence-corrected chi connectivity index (χ2v) is 9.78. The molecule has 2 aromatic rings. The number of amides is 1. The van der Waals surface area contributed by atoms with E-state index in [0.717, 1.165) is 56.6 Å². The molecule has 4 heterocycles. The molecule has 8 heteroatoms. The first kappa shape index (κ1) is 25.0. The number of aromatic nitrogens is 2. The van der Waals surface area contributed by atoms with Gasteiger partial charge in [-0.25, -0.2) is 4.79 Å². The van der Waals surface area contributed by atoms with Crippen LogP contribution in [0.4, 0.5) is 4.79 Å². The van der Waals surface area contributed by atoms with Crippen LogP contribution in [0.2, 0.25) is 0 Å². The Bertz CT molecular complexity index is 1030. The lowest BCUT2D eigenvalue weighted by molar-refractivity contribution is 0.0274. The Hall–Kier alpha value is -2.61. The highest BCUT2D eigenvalue weighted by molar-refractivity contribution is 5.75. The van der Waals surface area contributed by atoms with Crippen molar-refractivity contribution in [1.82, 2.24) is 19.4 Å². The zero-order chi connectivity index (χ0) is 24.2. The molecule has 33 heavy (non-hydrogen) atoms. The van der Waals surface area contributed by atoms with Crippen molar-refractivity contribution < 1.29 is 14.3 Å². The Balaban J connectivity index is 0.00000149. The van der Waals surface area contributed by atoms with E-state index in [9.17, 15) is 9.59 Å². The van der Waals surface area contributed by atoms with Crippen molar-refractivity contribution in [2.75, 3.05) is 39.8 Å². The van der Waals surface area contributed by atoms with Gasteiger partial charge in [0.05, 0.1) is 24.3 Å². The summed E-state index contributed by atoms with van der Waals surface area (Å²) in [5.74, 6) is 0.639. The Kier molecular flexibility index (Phi) is 7.67. The van der Waals surface area contributed by atoms with Gasteiger partial charge in [0.2, 0.25) is 0 Å². The van der Waals surface area contributed by atoms with Gasteiger partial charge in [-0.2, -0.15) is 0 Å². The number of likely N-dealkylation sites (tertiary alicyclic amines) is 2. The molecule has 1 atom stereocenters. The lowest BCUT2D eigenvalue weighted by Crippen LogP contribution is -2.38. The van der Waals surface area contributed by atoms with Crippen molar-refractivity contribution in [1.29, 1.82) is 0 Å². The maximum absolute atomic E-state index is 12.5. The summed E-state index contributed by atoms with van der Waals surface area (Å²) in [6.07, 6.45) is 3.51. The van der Waals surface area contributed by atoms with E-state index >= 15 is 0 Å². The van der Waals surface area contributed by atoms with Crippen molar-refractivity contribution in [3.05, 3.63) is 34.7 Å². The molecule has 1 amide bonds. The fourth-order valence-electron chi connectivity index (χ4n) is 4.70. The minimum Gasteiger partial charge on any atom is -0.495 e. The van der Waals surface area contributed by atoms with Crippen LogP contribution >= 0.6 is 0 Å². The number of fused-ring (bicyclic) bond motifs is 1. The van der Waals surface area contributed by atoms with E-state index in [1.54, 1.807) is 30.0 Å². The van der Waals surface area contributed by atoms with Crippen LogP contribution in [0.1, 0.15) is 47.5 Å². The molecule has 0 N–H and O–H groups in total. The van der Waals surface area contributed by atoms with Gasteiger partial charge in [0.15, 0.2) is 0 Å². The smallest absolute Gasteiger partial charge is 0.410 e. The highest BCUT2D eigenvalue weighted by Gasteiger charge is 2.45. The first-order valence-corrected chi connectivity index (χ1v) is 11.9. The normalized spacial score (nSPS) is 20.7. The number of carbonyl (C=O) groups is 1. The molecule has 182 valence electrons. The second kappa shape index (κ2) is 10.1. The summed E-state index contributed by atoms with van der Waals surface area (Å²) in [4.78, 5) is 33.6. The van der Waals surface area contributed by atoms with E-state index in [1.165, 1.54) is 0 Å². The van der Waals surface area contributed by atoms with Crippen molar-refractivity contribution in [2.24, 2.45) is 5.41 Å². The fourth-order valence-corrected chi connectivity index (χ4v) is 4.70. The van der Waals surface area contributed by atoms with Crippen LogP contribution in [0.25, 0.3) is 11.0 Å². The third-order valence-corrected chi connectivity index (χ3v) is 6.30. The van der Waals surface area contributed by atoms with E-state index in [0.29, 0.717) is 12.3 Å². The SMILES string of the molecule is CC.COc1cnc2ccc(=O)n(CCN3CCC4(CCN(C(=O)OC(C)(C)C)C4)C3)c2c1. The maximum atomic E-state index is 12.5. The van der Waals surface area contributed by atoms with Gasteiger partial charge in [0.1, 0.15) is 11.4 Å². The third kappa shape index (κ3) is 5.85. The molecule has 0 bridgehead atoms. The van der Waals surface area contributed by atoms with Crippen molar-refractivity contribution in [3.8, 4) is 5.75 Å². The molecule has 0 aliphatic carbocycles. The van der Waals surface area contributed by atoms with E-state index in [2.05, 4.69) is 9.88 Å². The Morgan fingerprint density at radius 2 is 1.85 bits per heavy atom. The first-order valence-electron chi connectivity index (χ1n) is 11.9. The number of ether oxygens (including phenoxy) is 2. The summed E-state index contributed by atoms with van der Waals surface area (Å²) in [6.45, 7) is 14.5. The first-order chi connectivity index (χ1) is 15.7. The zero-order valence-corrected chi connectivity index (χ0v) is 20.9. The second-order valence-electron chi connectivity index (χ2n) is 9.78. The van der Waals surface area contributed by atoms with E-state index < -0.39 is 5.60 Å². The molecular weight excluding hydrogens is 420 g/mol. The van der Waals surface area contributed by atoms with Crippen molar-refractivity contribution in [3.63, 3.8) is 0 Å². The summed E-state index contributed by atoms with van der Waals surface area (Å²) in [6, 6.07) is 5.19. The summed E-state index contributed by atoms with van der Waals surface area (Å²) in [5.41, 5.74) is 1.19. The minimum absolute atomic E-state index is 0.0339. The van der Waals surface area contributed by atoms with E-state index in [4.69, 9.17) is 9.47 Å². The van der Waals surface area contributed by atoms with E-state index in [1.807, 2.05) is 45.6 Å². The standard InChI is InChI=1S/C23H32N4O4.C2H6/c1-22(2,3)31-21(29)26-10-8-23(16-26)7-9-25(15-23)11-12-27-19-13-17(30-4)14-24-18(19)5-6-20(27)28;1-2/h5-6,13-14H,7-12,15-16H2,1-4H3;1-2H3. The Morgan fingerprint density at radius 3 is 2.55 bits per heavy atom. The molecule has 0 saturated carbocycles. The van der Waals surface area contributed by atoms with Crippen LogP contribution in [-0.2, 0) is 11.3 Å². The predicted molar refractivity (Wildman–Crippen MR) is 130 cm³/mol. The molecule has 2 aromatic heterocycles. The minimum atomic E-state index is -0.474. The van der Waals surface area contributed by atoms with Gasteiger partial charge in [-0.1, -0.05) is 13.8 Å². The van der Waals surface area contributed by atoms with Gasteiger partial charge >= 0.3 is 6.09 Å². The molecule has 8 nitrogen and oxygen atoms in total. The number of methoxy groups -OCH3 is 1. The molecular formula is C25H38N4O4. The fraction of sp³-hybridized carbons (Fsp3) is 0.640. The monoisotopic (exact) mass is 458 g/mol. The molecule has 1 unspecified atom stereocenters. The van der Waals surface area contributed by atoms with Crippen molar-refractivity contribution >= 4 is 17.1 Å². The lowest BCUT2D eigenvalue weighted by atomic mass is 9.86. The molecule has 2 aliphatic heterocycles. The number of rotatable bonds is 4. The number of nitrogens with zero attached hydrogens (tertiary/aromatic N) is 4. The number of pyridine rings is 2. The van der Waals surface area contributed by atoms with Crippen LogP contribution in [0.5, 0.6) is 5.75 Å². The maximum Gasteiger partial charge on any atom is 0.410 e. The van der Waals surface area contributed by atoms with Gasteiger partial charge < -0.3 is 23.8 Å². The molecule has 2 aliphatic rings. The van der Waals surface area contributed by atoms with Gasteiger partial charge in [0, 0.05) is 50.3 Å². The predicted octanol–water partition coefficient (Wildman–Crippen LogP) is 3.76. The van der Waals surface area contributed by atoms with Crippen LogP contribution in [0, 0.1) is 5.41 Å². The molecule has 2 fully saturated rings. The summed E-state index contributed by atoms with van der Waals surface area (Å²) >= 11 is 0. The van der Waals surface area contributed by atoms with Crippen LogP contribution < -0.4 is 10.3 Å². The van der Waals surface area contributed by atoms with Crippen LogP contribution in [-0.4, -0.2) is 70.9 Å². The largest absolute Gasteiger partial charge is 0.495 e. The average Bonchev–Trinajstić information content (AvgIpc) is 3.39. The van der Waals surface area contributed by atoms with Gasteiger partial charge in [-0.05, 0) is 46.2 Å². The number of hydrogen-bond donors (Lipinski definition) is 0. The Morgan fingerprint density at radius 1 is 1.12 bits per heavy atom. The number of carbonyl (C=O) groups excluding carboxylic acids is 1. The summed E-state index contributed by atoms with van der Waals surface area (Å²) in [5, 5.41) is 0. The molecule has 0 aromatic carbocycles. The third-order valence-electron chi connectivity index (χ3n) is 6.30. The van der Waals surface area contributed by atoms with Crippen LogP contribution in [0.3, 0.4) is 0 Å². The van der Waals surface area contributed by atoms with E-state index in [-0.39, 0.29) is 17.1 Å². The van der Waals surface area contributed by atoms with Gasteiger partial charge in [-0.15, -0.1) is 0 Å². The number of hydrogen-bond acceptors (Lipinski definition) is 6. The average molecular weight is 459 g/mol. The van der Waals surface area contributed by atoms with Crippen LogP contribution in [0.15, 0.2) is 29.2 Å². The van der Waals surface area contributed by atoms with Crippen molar-refractivity contribution in [2.45, 2.75) is 59.6 Å². The molecule has 0 radical (unpaired) electrons. The quantitative estimate of drug-likeness (QED) is 0.694. The topological polar surface area (TPSA) is 76.9 Å². The lowest BCUT2D eigenvalue weighted by Gasteiger charge is -2.27. The zero-order valence-electron chi connectivity index (χ0n) is 20.9. The van der Waals surface area contributed by atoms with Gasteiger partial charge in [0.25, 0.3) is 5.56 Å². The molecule has 1 spiro atoms. The Labute approximate surface area is 196 Å².